The van der Waals surface area contributed by atoms with Crippen molar-refractivity contribution in [2.45, 2.75) is 19.3 Å². The topological polar surface area (TPSA) is 38.9 Å². The monoisotopic (exact) mass is 740 g/mol. The quantitative estimate of drug-likeness (QED) is 0.169. The maximum atomic E-state index is 6.12. The van der Waals surface area contributed by atoms with Crippen LogP contribution in [0.1, 0.15) is 25.0 Å². The van der Waals surface area contributed by atoms with Gasteiger partial charge in [-0.15, -0.1) is 0 Å². The second-order valence-electron chi connectivity index (χ2n) is 16.2. The van der Waals surface area contributed by atoms with Gasteiger partial charge in [-0.2, -0.15) is 0 Å². The molecular weight excluding hydrogens is 705 g/mol. The van der Waals surface area contributed by atoms with Gasteiger partial charge in [0.05, 0.1) is 22.9 Å². The summed E-state index contributed by atoms with van der Waals surface area (Å²) in [6.07, 6.45) is 1.91. The second kappa shape index (κ2) is 12.3. The van der Waals surface area contributed by atoms with Crippen molar-refractivity contribution < 1.29 is 4.42 Å². The lowest BCUT2D eigenvalue weighted by atomic mass is 9.80. The summed E-state index contributed by atoms with van der Waals surface area (Å²) in [6.45, 7) is 4.72. The van der Waals surface area contributed by atoms with Gasteiger partial charge >= 0.3 is 0 Å². The molecule has 11 aromatic rings. The number of para-hydroxylation sites is 1. The van der Waals surface area contributed by atoms with Gasteiger partial charge < -0.3 is 4.42 Å². The molecule has 3 nitrogen and oxygen atoms in total. The molecule has 0 saturated carbocycles. The lowest BCUT2D eigenvalue weighted by molar-refractivity contribution is 0.661. The van der Waals surface area contributed by atoms with Crippen LogP contribution in [0, 0.1) is 0 Å². The van der Waals surface area contributed by atoms with Crippen LogP contribution in [0.25, 0.3) is 110 Å². The van der Waals surface area contributed by atoms with Gasteiger partial charge in [-0.05, 0) is 103 Å². The van der Waals surface area contributed by atoms with Crippen molar-refractivity contribution in [1.82, 2.24) is 9.97 Å². The van der Waals surface area contributed by atoms with E-state index in [1.165, 1.54) is 66.4 Å². The minimum atomic E-state index is -0.151. The van der Waals surface area contributed by atoms with Gasteiger partial charge in [0.1, 0.15) is 11.2 Å². The molecule has 1 aliphatic carbocycles. The van der Waals surface area contributed by atoms with Crippen LogP contribution < -0.4 is 0 Å². The van der Waals surface area contributed by atoms with Crippen molar-refractivity contribution in [2.24, 2.45) is 0 Å². The summed E-state index contributed by atoms with van der Waals surface area (Å²) >= 11 is 0. The Morgan fingerprint density at radius 1 is 0.379 bits per heavy atom. The SMILES string of the molecule is CC1(C)c2cc(-c3cccc(-c4ccc(-c5cnc6c7ccccc7c7ccccc7c6n5)cc4)c3)ccc2-c2ccc(-c3ccc4oc5ccccc5c4c3)cc21. The first kappa shape index (κ1) is 32.8. The minimum absolute atomic E-state index is 0.151. The molecule has 272 valence electrons. The van der Waals surface area contributed by atoms with Crippen LogP contribution in [0.5, 0.6) is 0 Å². The van der Waals surface area contributed by atoms with Gasteiger partial charge in [0.2, 0.25) is 0 Å². The van der Waals surface area contributed by atoms with E-state index < -0.39 is 0 Å². The molecular formula is C55H36N2O. The van der Waals surface area contributed by atoms with Crippen molar-refractivity contribution in [3.05, 3.63) is 193 Å². The van der Waals surface area contributed by atoms with Gasteiger partial charge in [0.25, 0.3) is 0 Å². The molecule has 0 N–H and O–H groups in total. The number of aromatic nitrogens is 2. The highest BCUT2D eigenvalue weighted by Crippen LogP contribution is 2.51. The molecule has 0 amide bonds. The Kier molecular flexibility index (Phi) is 6.98. The van der Waals surface area contributed by atoms with Gasteiger partial charge in [-0.1, -0.05) is 153 Å². The summed E-state index contributed by atoms with van der Waals surface area (Å²) in [5.74, 6) is 0. The molecule has 0 atom stereocenters. The molecule has 0 unspecified atom stereocenters. The third-order valence-corrected chi connectivity index (χ3v) is 12.5. The second-order valence-corrected chi connectivity index (χ2v) is 16.2. The van der Waals surface area contributed by atoms with Gasteiger partial charge in [-0.25, -0.2) is 4.98 Å². The molecule has 58 heavy (non-hydrogen) atoms. The van der Waals surface area contributed by atoms with E-state index in [2.05, 4.69) is 178 Å². The highest BCUT2D eigenvalue weighted by molar-refractivity contribution is 6.23. The van der Waals surface area contributed by atoms with E-state index in [9.17, 15) is 0 Å². The first-order valence-electron chi connectivity index (χ1n) is 20.0. The normalized spacial score (nSPS) is 13.1. The van der Waals surface area contributed by atoms with Crippen LogP contribution in [0.2, 0.25) is 0 Å². The van der Waals surface area contributed by atoms with Gasteiger partial charge in [0.15, 0.2) is 0 Å². The summed E-state index contributed by atoms with van der Waals surface area (Å²) in [5, 5.41) is 6.97. The Balaban J connectivity index is 0.854. The number of rotatable bonds is 4. The van der Waals surface area contributed by atoms with E-state index in [-0.39, 0.29) is 5.41 Å². The third kappa shape index (κ3) is 4.93. The first-order chi connectivity index (χ1) is 28.5. The Labute approximate surface area is 335 Å². The molecule has 9 aromatic carbocycles. The average molecular weight is 741 g/mol. The van der Waals surface area contributed by atoms with E-state index in [0.717, 1.165) is 55.0 Å². The predicted octanol–water partition coefficient (Wildman–Crippen LogP) is 14.8. The minimum Gasteiger partial charge on any atom is -0.456 e. The lowest BCUT2D eigenvalue weighted by Crippen LogP contribution is -2.15. The number of benzene rings is 9. The zero-order valence-electron chi connectivity index (χ0n) is 32.1. The average Bonchev–Trinajstić information content (AvgIpc) is 3.77. The van der Waals surface area contributed by atoms with Crippen LogP contribution in [0.3, 0.4) is 0 Å². The van der Waals surface area contributed by atoms with E-state index in [1.54, 1.807) is 0 Å². The largest absolute Gasteiger partial charge is 0.456 e. The molecule has 12 rings (SSSR count). The zero-order chi connectivity index (χ0) is 38.5. The van der Waals surface area contributed by atoms with Crippen LogP contribution in [0.4, 0.5) is 0 Å². The van der Waals surface area contributed by atoms with Crippen molar-refractivity contribution >= 4 is 54.5 Å². The zero-order valence-corrected chi connectivity index (χ0v) is 32.1. The fourth-order valence-corrected chi connectivity index (χ4v) is 9.48. The standard InChI is InChI=1S/C55H36N2O/c1-55(2)48-30-38(22-25-42(48)43-26-23-39(31-49(43)55)37-24-27-52-47(29-37)44-14-7-8-17-51(44)58-52)36-11-9-10-35(28-36)33-18-20-34(21-19-33)50-32-56-53-45-15-5-3-12-40(45)41-13-4-6-16-46(41)54(53)57-50/h3-32H,1-2H3. The molecule has 0 radical (unpaired) electrons. The fraction of sp³-hybridized carbons (Fsp3) is 0.0545. The van der Waals surface area contributed by atoms with E-state index in [0.29, 0.717) is 0 Å². The first-order valence-corrected chi connectivity index (χ1v) is 20.0. The summed E-state index contributed by atoms with van der Waals surface area (Å²) < 4.78 is 6.12. The van der Waals surface area contributed by atoms with Crippen molar-refractivity contribution in [3.63, 3.8) is 0 Å². The highest BCUT2D eigenvalue weighted by Gasteiger charge is 2.36. The van der Waals surface area contributed by atoms with E-state index in [4.69, 9.17) is 14.4 Å². The molecule has 0 bridgehead atoms. The number of furan rings is 1. The molecule has 3 heteroatoms. The van der Waals surface area contributed by atoms with Crippen molar-refractivity contribution in [2.75, 3.05) is 0 Å². The molecule has 2 heterocycles. The van der Waals surface area contributed by atoms with E-state index >= 15 is 0 Å². The number of nitrogens with zero attached hydrogens (tertiary/aromatic N) is 2. The van der Waals surface area contributed by atoms with Crippen molar-refractivity contribution in [3.8, 4) is 55.8 Å². The van der Waals surface area contributed by atoms with Gasteiger partial charge in [0, 0.05) is 32.5 Å². The number of fused-ring (bicyclic) bond motifs is 12. The number of hydrogen-bond acceptors (Lipinski definition) is 3. The van der Waals surface area contributed by atoms with Crippen molar-refractivity contribution in [1.29, 1.82) is 0 Å². The summed E-state index contributed by atoms with van der Waals surface area (Å²) in [5.41, 5.74) is 18.0. The van der Waals surface area contributed by atoms with Crippen LogP contribution in [-0.4, -0.2) is 9.97 Å². The van der Waals surface area contributed by atoms with Gasteiger partial charge in [-0.3, -0.25) is 4.98 Å². The molecule has 0 spiro atoms. The maximum Gasteiger partial charge on any atom is 0.135 e. The third-order valence-electron chi connectivity index (χ3n) is 12.5. The van der Waals surface area contributed by atoms with Crippen LogP contribution >= 0.6 is 0 Å². The summed E-state index contributed by atoms with van der Waals surface area (Å²) in [7, 11) is 0. The molecule has 1 aliphatic rings. The molecule has 0 saturated heterocycles. The van der Waals surface area contributed by atoms with Crippen LogP contribution in [0.15, 0.2) is 187 Å². The molecule has 0 aliphatic heterocycles. The fourth-order valence-electron chi connectivity index (χ4n) is 9.48. The Morgan fingerprint density at radius 3 is 1.57 bits per heavy atom. The number of hydrogen-bond donors (Lipinski definition) is 0. The molecule has 0 fully saturated rings. The van der Waals surface area contributed by atoms with Crippen LogP contribution in [-0.2, 0) is 5.41 Å². The Bertz CT molecular complexity index is 3450. The smallest absolute Gasteiger partial charge is 0.135 e. The Morgan fingerprint density at radius 2 is 0.879 bits per heavy atom. The molecule has 2 aromatic heterocycles. The van der Waals surface area contributed by atoms with E-state index in [1.807, 2.05) is 18.3 Å². The lowest BCUT2D eigenvalue weighted by Gasteiger charge is -2.22. The highest BCUT2D eigenvalue weighted by atomic mass is 16.3. The summed E-state index contributed by atoms with van der Waals surface area (Å²) in [4.78, 5) is 10.2. The maximum absolute atomic E-state index is 6.12. The summed E-state index contributed by atoms with van der Waals surface area (Å²) in [6, 6.07) is 63.5. The predicted molar refractivity (Wildman–Crippen MR) is 241 cm³/mol. The Hall–Kier alpha value is -7.36.